The molecule has 0 atom stereocenters. The van der Waals surface area contributed by atoms with Gasteiger partial charge in [0, 0.05) is 5.56 Å². The Labute approximate surface area is 82.1 Å². The number of halogens is 2. The van der Waals surface area contributed by atoms with Gasteiger partial charge in [0.15, 0.2) is 0 Å². The molecule has 0 amide bonds. The van der Waals surface area contributed by atoms with Crippen molar-refractivity contribution in [3.63, 3.8) is 0 Å². The van der Waals surface area contributed by atoms with E-state index < -0.39 is 5.82 Å². The first-order valence-electron chi connectivity index (χ1n) is 4.82. The maximum atomic E-state index is 13.5. The minimum atomic E-state index is -0.417. The van der Waals surface area contributed by atoms with Gasteiger partial charge in [-0.05, 0) is 44.0 Å². The third kappa shape index (κ3) is 1.64. The molecule has 0 saturated carbocycles. The smallest absolute Gasteiger partial charge is 0.132 e. The van der Waals surface area contributed by atoms with Crippen LogP contribution in [0.4, 0.5) is 8.78 Å². The topological polar surface area (TPSA) is 12.0 Å². The highest BCUT2D eigenvalue weighted by atomic mass is 19.1. The third-order valence-electron chi connectivity index (χ3n) is 2.74. The maximum Gasteiger partial charge on any atom is 0.132 e. The SMILES string of the molecule is Cc1ccc(F)c(CC2CNC2)c1F. The lowest BCUT2D eigenvalue weighted by atomic mass is 9.93. The van der Waals surface area contributed by atoms with Crippen molar-refractivity contribution < 1.29 is 8.78 Å². The van der Waals surface area contributed by atoms with Crippen LogP contribution in [-0.4, -0.2) is 13.1 Å². The monoisotopic (exact) mass is 197 g/mol. The summed E-state index contributed by atoms with van der Waals surface area (Å²) in [5.41, 5.74) is 0.769. The summed E-state index contributed by atoms with van der Waals surface area (Å²) in [5.74, 6) is -0.405. The Kier molecular flexibility index (Phi) is 2.50. The zero-order valence-corrected chi connectivity index (χ0v) is 8.11. The summed E-state index contributed by atoms with van der Waals surface area (Å²) >= 11 is 0. The predicted octanol–water partition coefficient (Wildman–Crippen LogP) is 2.04. The normalized spacial score (nSPS) is 16.8. The van der Waals surface area contributed by atoms with E-state index in [-0.39, 0.29) is 11.4 Å². The molecule has 0 radical (unpaired) electrons. The van der Waals surface area contributed by atoms with Crippen molar-refractivity contribution in [1.82, 2.24) is 5.32 Å². The van der Waals surface area contributed by atoms with Crippen LogP contribution >= 0.6 is 0 Å². The average Bonchev–Trinajstić information content (AvgIpc) is 2.09. The molecule has 1 heterocycles. The van der Waals surface area contributed by atoms with Gasteiger partial charge in [0.1, 0.15) is 11.6 Å². The summed E-state index contributed by atoms with van der Waals surface area (Å²) < 4.78 is 26.8. The first kappa shape index (κ1) is 9.59. The molecule has 0 aliphatic carbocycles. The summed E-state index contributed by atoms with van der Waals surface area (Å²) in [6.45, 7) is 3.40. The van der Waals surface area contributed by atoms with E-state index in [1.807, 2.05) is 0 Å². The summed E-state index contributed by atoms with van der Waals surface area (Å²) in [6, 6.07) is 2.83. The highest BCUT2D eigenvalue weighted by Crippen LogP contribution is 2.21. The highest BCUT2D eigenvalue weighted by Gasteiger charge is 2.21. The molecule has 1 aliphatic rings. The summed E-state index contributed by atoms with van der Waals surface area (Å²) in [5, 5.41) is 3.09. The van der Waals surface area contributed by atoms with Crippen LogP contribution in [0.2, 0.25) is 0 Å². The Bertz CT molecular complexity index is 345. The first-order chi connectivity index (χ1) is 6.68. The molecule has 0 unspecified atom stereocenters. The zero-order valence-electron chi connectivity index (χ0n) is 8.11. The molecule has 1 saturated heterocycles. The Morgan fingerprint density at radius 2 is 2.07 bits per heavy atom. The van der Waals surface area contributed by atoms with Crippen LogP contribution in [0.3, 0.4) is 0 Å². The summed E-state index contributed by atoms with van der Waals surface area (Å²) in [6.07, 6.45) is 0.506. The van der Waals surface area contributed by atoms with E-state index in [1.165, 1.54) is 12.1 Å². The standard InChI is InChI=1S/C11H13F2N/c1-7-2-3-10(12)9(11(7)13)4-8-5-14-6-8/h2-3,8,14H,4-6H2,1H3. The molecule has 0 aromatic heterocycles. The molecule has 14 heavy (non-hydrogen) atoms. The second kappa shape index (κ2) is 3.65. The Hall–Kier alpha value is -0.960. The van der Waals surface area contributed by atoms with E-state index in [4.69, 9.17) is 0 Å². The van der Waals surface area contributed by atoms with Gasteiger partial charge in [-0.15, -0.1) is 0 Å². The van der Waals surface area contributed by atoms with Crippen LogP contribution in [0.15, 0.2) is 12.1 Å². The van der Waals surface area contributed by atoms with Crippen molar-refractivity contribution in [1.29, 1.82) is 0 Å². The quantitative estimate of drug-likeness (QED) is 0.765. The number of nitrogens with one attached hydrogen (secondary N) is 1. The van der Waals surface area contributed by atoms with Gasteiger partial charge in [0.05, 0.1) is 0 Å². The number of hydrogen-bond donors (Lipinski definition) is 1. The van der Waals surface area contributed by atoms with Crippen molar-refractivity contribution in [2.24, 2.45) is 5.92 Å². The molecule has 0 spiro atoms. The molecule has 1 N–H and O–H groups in total. The van der Waals surface area contributed by atoms with Gasteiger partial charge in [-0.1, -0.05) is 6.07 Å². The van der Waals surface area contributed by atoms with Crippen molar-refractivity contribution in [2.45, 2.75) is 13.3 Å². The van der Waals surface area contributed by atoms with Crippen LogP contribution in [0.25, 0.3) is 0 Å². The fourth-order valence-corrected chi connectivity index (χ4v) is 1.68. The lowest BCUT2D eigenvalue weighted by Crippen LogP contribution is -2.43. The molecule has 3 heteroatoms. The van der Waals surface area contributed by atoms with Crippen LogP contribution in [0, 0.1) is 24.5 Å². The number of hydrogen-bond acceptors (Lipinski definition) is 1. The maximum absolute atomic E-state index is 13.5. The van der Waals surface area contributed by atoms with E-state index in [0.29, 0.717) is 17.9 Å². The van der Waals surface area contributed by atoms with Gasteiger partial charge >= 0.3 is 0 Å². The third-order valence-corrected chi connectivity index (χ3v) is 2.74. The van der Waals surface area contributed by atoms with E-state index >= 15 is 0 Å². The summed E-state index contributed by atoms with van der Waals surface area (Å²) in [7, 11) is 0. The Balaban J connectivity index is 2.25. The molecule has 0 bridgehead atoms. The molecule has 1 nitrogen and oxygen atoms in total. The number of rotatable bonds is 2. The molecule has 1 aromatic carbocycles. The first-order valence-corrected chi connectivity index (χ1v) is 4.82. The van der Waals surface area contributed by atoms with Crippen molar-refractivity contribution in [2.75, 3.05) is 13.1 Å². The minimum absolute atomic E-state index is 0.247. The van der Waals surface area contributed by atoms with Crippen LogP contribution < -0.4 is 5.32 Å². The van der Waals surface area contributed by atoms with Gasteiger partial charge in [0.2, 0.25) is 0 Å². The van der Waals surface area contributed by atoms with Crippen LogP contribution in [-0.2, 0) is 6.42 Å². The van der Waals surface area contributed by atoms with Crippen LogP contribution in [0.5, 0.6) is 0 Å². The molecule has 1 fully saturated rings. The molecule has 1 aliphatic heterocycles. The summed E-state index contributed by atoms with van der Waals surface area (Å²) in [4.78, 5) is 0. The van der Waals surface area contributed by atoms with Gasteiger partial charge in [0.25, 0.3) is 0 Å². The Morgan fingerprint density at radius 1 is 1.36 bits per heavy atom. The van der Waals surface area contributed by atoms with Crippen molar-refractivity contribution in [3.05, 3.63) is 34.9 Å². The van der Waals surface area contributed by atoms with E-state index in [0.717, 1.165) is 13.1 Å². The van der Waals surface area contributed by atoms with E-state index in [9.17, 15) is 8.78 Å². The van der Waals surface area contributed by atoms with E-state index in [1.54, 1.807) is 6.92 Å². The molecule has 2 rings (SSSR count). The largest absolute Gasteiger partial charge is 0.316 e. The highest BCUT2D eigenvalue weighted by molar-refractivity contribution is 5.27. The van der Waals surface area contributed by atoms with Gasteiger partial charge in [-0.25, -0.2) is 8.78 Å². The van der Waals surface area contributed by atoms with Crippen LogP contribution in [0.1, 0.15) is 11.1 Å². The average molecular weight is 197 g/mol. The molecular weight excluding hydrogens is 184 g/mol. The van der Waals surface area contributed by atoms with Crippen molar-refractivity contribution >= 4 is 0 Å². The van der Waals surface area contributed by atoms with Gasteiger partial charge < -0.3 is 5.32 Å². The fraction of sp³-hybridized carbons (Fsp3) is 0.455. The second-order valence-corrected chi connectivity index (χ2v) is 3.89. The second-order valence-electron chi connectivity index (χ2n) is 3.89. The fourth-order valence-electron chi connectivity index (χ4n) is 1.68. The molecular formula is C11H13F2N. The minimum Gasteiger partial charge on any atom is -0.316 e. The van der Waals surface area contributed by atoms with E-state index in [2.05, 4.69) is 5.32 Å². The number of benzene rings is 1. The van der Waals surface area contributed by atoms with Gasteiger partial charge in [-0.3, -0.25) is 0 Å². The lowest BCUT2D eigenvalue weighted by Gasteiger charge is -2.27. The molecule has 1 aromatic rings. The van der Waals surface area contributed by atoms with Crippen molar-refractivity contribution in [3.8, 4) is 0 Å². The zero-order chi connectivity index (χ0) is 10.1. The molecule has 76 valence electrons. The lowest BCUT2D eigenvalue weighted by molar-refractivity contribution is 0.337. The van der Waals surface area contributed by atoms with Gasteiger partial charge in [-0.2, -0.15) is 0 Å². The predicted molar refractivity (Wildman–Crippen MR) is 51.2 cm³/mol. The Morgan fingerprint density at radius 3 is 2.64 bits per heavy atom. The number of aryl methyl sites for hydroxylation is 1.